The van der Waals surface area contributed by atoms with E-state index in [0.29, 0.717) is 34.7 Å². The average molecular weight is 283 g/mol. The van der Waals surface area contributed by atoms with E-state index in [1.165, 1.54) is 12.1 Å². The first-order chi connectivity index (χ1) is 9.06. The quantitative estimate of drug-likeness (QED) is 0.904. The van der Waals surface area contributed by atoms with Gasteiger partial charge in [-0.05, 0) is 30.7 Å². The highest BCUT2D eigenvalue weighted by Crippen LogP contribution is 2.28. The largest absolute Gasteiger partial charge is 0.439 e. The zero-order chi connectivity index (χ0) is 13.8. The molecule has 0 fully saturated rings. The molecule has 0 bridgehead atoms. The summed E-state index contributed by atoms with van der Waals surface area (Å²) in [6.07, 6.45) is 1.60. The summed E-state index contributed by atoms with van der Waals surface area (Å²) in [4.78, 5) is 4.17. The second-order valence-corrected chi connectivity index (χ2v) is 5.17. The molecule has 2 aromatic rings. The molecule has 0 aliphatic rings. The van der Waals surface area contributed by atoms with Crippen molar-refractivity contribution in [1.82, 2.24) is 10.3 Å². The fourth-order valence-corrected chi connectivity index (χ4v) is 1.93. The van der Waals surface area contributed by atoms with Crippen molar-refractivity contribution in [2.45, 2.75) is 20.4 Å². The molecular formula is C14H16ClFN2O. The van der Waals surface area contributed by atoms with Crippen molar-refractivity contribution in [2.24, 2.45) is 5.92 Å². The fraction of sp³-hybridized carbons (Fsp3) is 0.357. The molecule has 3 nitrogen and oxygen atoms in total. The maximum Gasteiger partial charge on any atom is 0.208 e. The molecule has 1 aromatic heterocycles. The number of aromatic nitrogens is 1. The molecule has 0 aliphatic carbocycles. The number of hydrogen-bond acceptors (Lipinski definition) is 3. The Hall–Kier alpha value is -1.39. The van der Waals surface area contributed by atoms with Crippen LogP contribution in [0.2, 0.25) is 5.02 Å². The molecule has 5 heteroatoms. The first kappa shape index (κ1) is 14.0. The van der Waals surface area contributed by atoms with E-state index in [2.05, 4.69) is 24.1 Å². The van der Waals surface area contributed by atoms with Gasteiger partial charge in [0.1, 0.15) is 5.82 Å². The van der Waals surface area contributed by atoms with Gasteiger partial charge in [-0.3, -0.25) is 0 Å². The van der Waals surface area contributed by atoms with Crippen LogP contribution < -0.4 is 5.32 Å². The lowest BCUT2D eigenvalue weighted by Gasteiger charge is -2.04. The lowest BCUT2D eigenvalue weighted by atomic mass is 10.2. The van der Waals surface area contributed by atoms with Crippen molar-refractivity contribution in [2.75, 3.05) is 6.54 Å². The Morgan fingerprint density at radius 3 is 2.89 bits per heavy atom. The van der Waals surface area contributed by atoms with E-state index in [-0.39, 0.29) is 5.82 Å². The lowest BCUT2D eigenvalue weighted by molar-refractivity contribution is 0.459. The molecule has 1 N–H and O–H groups in total. The predicted molar refractivity (Wildman–Crippen MR) is 73.5 cm³/mol. The van der Waals surface area contributed by atoms with Crippen LogP contribution in [0.1, 0.15) is 19.7 Å². The zero-order valence-corrected chi connectivity index (χ0v) is 11.7. The van der Waals surface area contributed by atoms with E-state index in [1.807, 2.05) is 0 Å². The number of nitrogens with one attached hydrogen (secondary N) is 1. The Balaban J connectivity index is 2.08. The minimum Gasteiger partial charge on any atom is -0.439 e. The van der Waals surface area contributed by atoms with E-state index >= 15 is 0 Å². The zero-order valence-electron chi connectivity index (χ0n) is 10.9. The van der Waals surface area contributed by atoms with Crippen molar-refractivity contribution in [3.8, 4) is 11.3 Å². The molecular weight excluding hydrogens is 267 g/mol. The fourth-order valence-electron chi connectivity index (χ4n) is 1.67. The van der Waals surface area contributed by atoms with Crippen molar-refractivity contribution in [3.63, 3.8) is 0 Å². The van der Waals surface area contributed by atoms with Crippen LogP contribution in [0.5, 0.6) is 0 Å². The summed E-state index contributed by atoms with van der Waals surface area (Å²) >= 11 is 5.98. The lowest BCUT2D eigenvalue weighted by Crippen LogP contribution is -2.18. The minimum atomic E-state index is -0.368. The topological polar surface area (TPSA) is 38.1 Å². The van der Waals surface area contributed by atoms with Crippen LogP contribution in [-0.4, -0.2) is 11.5 Å². The third-order valence-corrected chi connectivity index (χ3v) is 2.89. The molecule has 0 aliphatic heterocycles. The molecule has 0 radical (unpaired) electrons. The van der Waals surface area contributed by atoms with E-state index < -0.39 is 0 Å². The van der Waals surface area contributed by atoms with Gasteiger partial charge in [-0.15, -0.1) is 0 Å². The van der Waals surface area contributed by atoms with Gasteiger partial charge in [0.05, 0.1) is 17.8 Å². The molecule has 1 heterocycles. The van der Waals surface area contributed by atoms with E-state index in [1.54, 1.807) is 12.3 Å². The van der Waals surface area contributed by atoms with Crippen LogP contribution in [-0.2, 0) is 6.54 Å². The van der Waals surface area contributed by atoms with Gasteiger partial charge in [0.25, 0.3) is 0 Å². The first-order valence-electron chi connectivity index (χ1n) is 6.17. The summed E-state index contributed by atoms with van der Waals surface area (Å²) in [5.74, 6) is 1.34. The normalized spacial score (nSPS) is 11.2. The minimum absolute atomic E-state index is 0.317. The summed E-state index contributed by atoms with van der Waals surface area (Å²) < 4.78 is 18.6. The second kappa shape index (κ2) is 6.17. The van der Waals surface area contributed by atoms with Gasteiger partial charge in [0, 0.05) is 5.56 Å². The predicted octanol–water partition coefficient (Wildman–Crippen LogP) is 3.88. The van der Waals surface area contributed by atoms with Crippen molar-refractivity contribution in [1.29, 1.82) is 0 Å². The smallest absolute Gasteiger partial charge is 0.208 e. The SMILES string of the molecule is CC(C)CNCc1ncc(-c2ccc(F)cc2Cl)o1. The Morgan fingerprint density at radius 2 is 2.21 bits per heavy atom. The number of nitrogens with zero attached hydrogens (tertiary/aromatic N) is 1. The first-order valence-corrected chi connectivity index (χ1v) is 6.55. The van der Waals surface area contributed by atoms with Gasteiger partial charge in [-0.25, -0.2) is 9.37 Å². The second-order valence-electron chi connectivity index (χ2n) is 4.77. The molecule has 0 amide bonds. The molecule has 0 atom stereocenters. The summed E-state index contributed by atoms with van der Waals surface area (Å²) in [6.45, 7) is 5.73. The van der Waals surface area contributed by atoms with Gasteiger partial charge < -0.3 is 9.73 Å². The van der Waals surface area contributed by atoms with Gasteiger partial charge in [0.2, 0.25) is 5.89 Å². The van der Waals surface area contributed by atoms with Gasteiger partial charge in [-0.2, -0.15) is 0 Å². The Bertz CT molecular complexity index is 554. The van der Waals surface area contributed by atoms with Crippen molar-refractivity contribution < 1.29 is 8.81 Å². The van der Waals surface area contributed by atoms with Gasteiger partial charge in [0.15, 0.2) is 5.76 Å². The van der Waals surface area contributed by atoms with Crippen LogP contribution in [0.25, 0.3) is 11.3 Å². The highest BCUT2D eigenvalue weighted by atomic mass is 35.5. The van der Waals surface area contributed by atoms with E-state index in [0.717, 1.165) is 6.54 Å². The molecule has 0 saturated heterocycles. The van der Waals surface area contributed by atoms with Crippen LogP contribution >= 0.6 is 11.6 Å². The monoisotopic (exact) mass is 282 g/mol. The molecule has 1 aromatic carbocycles. The Morgan fingerprint density at radius 1 is 1.42 bits per heavy atom. The highest BCUT2D eigenvalue weighted by Gasteiger charge is 2.10. The van der Waals surface area contributed by atoms with Gasteiger partial charge in [-0.1, -0.05) is 25.4 Å². The van der Waals surface area contributed by atoms with Crippen LogP contribution in [0.15, 0.2) is 28.8 Å². The summed E-state index contributed by atoms with van der Waals surface area (Å²) in [6, 6.07) is 4.19. The van der Waals surface area contributed by atoms with Crippen molar-refractivity contribution >= 4 is 11.6 Å². The summed E-state index contributed by atoms with van der Waals surface area (Å²) in [5, 5.41) is 3.56. The van der Waals surface area contributed by atoms with Crippen LogP contribution in [0.4, 0.5) is 4.39 Å². The molecule has 0 spiro atoms. The number of halogens is 2. The third kappa shape index (κ3) is 3.78. The Kier molecular flexibility index (Phi) is 4.56. The third-order valence-electron chi connectivity index (χ3n) is 2.58. The number of hydrogen-bond donors (Lipinski definition) is 1. The summed E-state index contributed by atoms with van der Waals surface area (Å²) in [5.41, 5.74) is 0.644. The molecule has 2 rings (SSSR count). The molecule has 0 unspecified atom stereocenters. The van der Waals surface area contributed by atoms with Gasteiger partial charge >= 0.3 is 0 Å². The summed E-state index contributed by atoms with van der Waals surface area (Å²) in [7, 11) is 0. The van der Waals surface area contributed by atoms with Crippen molar-refractivity contribution in [3.05, 3.63) is 41.1 Å². The standard InChI is InChI=1S/C14H16ClFN2O/c1-9(2)6-17-8-14-18-7-13(19-14)11-4-3-10(16)5-12(11)15/h3-5,7,9,17H,6,8H2,1-2H3. The molecule has 0 saturated carbocycles. The maximum atomic E-state index is 13.0. The average Bonchev–Trinajstić information content (AvgIpc) is 2.77. The maximum absolute atomic E-state index is 13.0. The highest BCUT2D eigenvalue weighted by molar-refractivity contribution is 6.33. The molecule has 19 heavy (non-hydrogen) atoms. The van der Waals surface area contributed by atoms with Crippen LogP contribution in [0.3, 0.4) is 0 Å². The number of benzene rings is 1. The Labute approximate surface area is 116 Å². The van der Waals surface area contributed by atoms with E-state index in [9.17, 15) is 4.39 Å². The number of oxazole rings is 1. The number of rotatable bonds is 5. The van der Waals surface area contributed by atoms with Crippen LogP contribution in [0, 0.1) is 11.7 Å². The molecule has 102 valence electrons. The van der Waals surface area contributed by atoms with E-state index in [4.69, 9.17) is 16.0 Å².